The van der Waals surface area contributed by atoms with Crippen LogP contribution in [0.3, 0.4) is 0 Å². The predicted molar refractivity (Wildman–Crippen MR) is 92.2 cm³/mol. The molecule has 142 valence electrons. The summed E-state index contributed by atoms with van der Waals surface area (Å²) in [5.74, 6) is -3.22. The van der Waals surface area contributed by atoms with Gasteiger partial charge in [0.05, 0.1) is 11.3 Å². The van der Waals surface area contributed by atoms with E-state index >= 15 is 0 Å². The van der Waals surface area contributed by atoms with E-state index in [0.717, 1.165) is 25.1 Å². The molecule has 2 aromatic heterocycles. The number of halogens is 4. The normalized spacial score (nSPS) is 15.1. The van der Waals surface area contributed by atoms with E-state index in [1.807, 2.05) is 0 Å². The van der Waals surface area contributed by atoms with Gasteiger partial charge < -0.3 is 10.6 Å². The van der Waals surface area contributed by atoms with Crippen LogP contribution in [0.4, 0.5) is 17.6 Å². The lowest BCUT2D eigenvalue weighted by atomic mass is 9.94. The number of hydrogen-bond donors (Lipinski definition) is 2. The van der Waals surface area contributed by atoms with Crippen molar-refractivity contribution in [3.05, 3.63) is 59.4 Å². The van der Waals surface area contributed by atoms with E-state index in [9.17, 15) is 22.4 Å². The van der Waals surface area contributed by atoms with Gasteiger partial charge in [-0.3, -0.25) is 9.78 Å². The molecule has 0 aromatic carbocycles. The van der Waals surface area contributed by atoms with E-state index in [0.29, 0.717) is 6.07 Å². The Hall–Kier alpha value is -2.62. The van der Waals surface area contributed by atoms with Gasteiger partial charge in [0.2, 0.25) is 11.9 Å². The van der Waals surface area contributed by atoms with E-state index in [4.69, 9.17) is 12.2 Å². The maximum Gasteiger partial charge on any atom is 0.416 e. The monoisotopic (exact) mass is 398 g/mol. The SMILES string of the molecule is O=C(NC(=S)NC1CC1)C(c1cc(C(F)(F)F)ccn1)c1cccnc1F. The Morgan fingerprint density at radius 2 is 1.96 bits per heavy atom. The number of amides is 1. The molecule has 1 aliphatic carbocycles. The van der Waals surface area contributed by atoms with Gasteiger partial charge in [-0.1, -0.05) is 6.07 Å². The third-order valence-corrected chi connectivity index (χ3v) is 4.13. The average Bonchev–Trinajstić information content (AvgIpc) is 3.40. The average molecular weight is 398 g/mol. The molecule has 1 aliphatic rings. The standard InChI is InChI=1S/C17H14F4N4OS/c18-14-11(2-1-6-23-14)13(15(26)25-16(27)24-10-3-4-10)12-8-9(5-7-22-12)17(19,20)21/h1-2,5-8,10,13H,3-4H2,(H2,24,25,26,27). The quantitative estimate of drug-likeness (QED) is 0.471. The molecule has 2 heterocycles. The topological polar surface area (TPSA) is 66.9 Å². The Morgan fingerprint density at radius 1 is 1.22 bits per heavy atom. The van der Waals surface area contributed by atoms with Gasteiger partial charge in [0.25, 0.3) is 0 Å². The highest BCUT2D eigenvalue weighted by molar-refractivity contribution is 7.80. The molecule has 0 bridgehead atoms. The summed E-state index contributed by atoms with van der Waals surface area (Å²) in [7, 11) is 0. The van der Waals surface area contributed by atoms with Gasteiger partial charge in [-0.15, -0.1) is 0 Å². The second kappa shape index (κ2) is 7.55. The lowest BCUT2D eigenvalue weighted by Gasteiger charge is -2.19. The number of thiocarbonyl (C=S) groups is 1. The van der Waals surface area contributed by atoms with Crippen molar-refractivity contribution < 1.29 is 22.4 Å². The van der Waals surface area contributed by atoms with Gasteiger partial charge in [0.1, 0.15) is 5.92 Å². The minimum absolute atomic E-state index is 0.0313. The fourth-order valence-corrected chi connectivity index (χ4v) is 2.73. The zero-order valence-electron chi connectivity index (χ0n) is 13.8. The summed E-state index contributed by atoms with van der Waals surface area (Å²) in [6.45, 7) is 0. The van der Waals surface area contributed by atoms with Gasteiger partial charge in [0.15, 0.2) is 5.11 Å². The smallest absolute Gasteiger partial charge is 0.360 e. The zero-order valence-corrected chi connectivity index (χ0v) is 14.6. The molecule has 2 aromatic rings. The molecule has 10 heteroatoms. The largest absolute Gasteiger partial charge is 0.416 e. The highest BCUT2D eigenvalue weighted by Gasteiger charge is 2.34. The van der Waals surface area contributed by atoms with Crippen LogP contribution in [0.5, 0.6) is 0 Å². The molecular weight excluding hydrogens is 384 g/mol. The highest BCUT2D eigenvalue weighted by atomic mass is 32.1. The molecule has 1 unspecified atom stereocenters. The Labute approximate surface area is 157 Å². The summed E-state index contributed by atoms with van der Waals surface area (Å²) >= 11 is 5.03. The number of pyridine rings is 2. The van der Waals surface area contributed by atoms with Crippen molar-refractivity contribution in [3.63, 3.8) is 0 Å². The lowest BCUT2D eigenvalue weighted by molar-refractivity contribution is -0.137. The minimum atomic E-state index is -4.63. The third kappa shape index (κ3) is 4.76. The van der Waals surface area contributed by atoms with Crippen LogP contribution >= 0.6 is 12.2 Å². The van der Waals surface area contributed by atoms with Crippen LogP contribution in [0.15, 0.2) is 36.7 Å². The molecular formula is C17H14F4N4OS. The second-order valence-corrected chi connectivity index (χ2v) is 6.43. The summed E-state index contributed by atoms with van der Waals surface area (Å²) in [5, 5.41) is 5.31. The Kier molecular flexibility index (Phi) is 5.36. The molecule has 1 fully saturated rings. The first kappa shape index (κ1) is 19.2. The molecule has 1 atom stereocenters. The number of nitrogens with one attached hydrogen (secondary N) is 2. The van der Waals surface area contributed by atoms with Crippen molar-refractivity contribution in [2.24, 2.45) is 0 Å². The van der Waals surface area contributed by atoms with E-state index in [1.165, 1.54) is 18.3 Å². The van der Waals surface area contributed by atoms with Crippen molar-refractivity contribution in [2.75, 3.05) is 0 Å². The molecule has 27 heavy (non-hydrogen) atoms. The number of alkyl halides is 3. The van der Waals surface area contributed by atoms with E-state index in [1.54, 1.807) is 0 Å². The summed E-state index contributed by atoms with van der Waals surface area (Å²) in [5.41, 5.74) is -1.45. The zero-order chi connectivity index (χ0) is 19.6. The first-order valence-corrected chi connectivity index (χ1v) is 8.41. The molecule has 1 saturated carbocycles. The number of carbonyl (C=O) groups excluding carboxylic acids is 1. The molecule has 1 amide bonds. The first-order valence-electron chi connectivity index (χ1n) is 8.00. The van der Waals surface area contributed by atoms with Crippen molar-refractivity contribution in [1.82, 2.24) is 20.6 Å². The van der Waals surface area contributed by atoms with Crippen LogP contribution in [0.25, 0.3) is 0 Å². The number of carbonyl (C=O) groups is 1. The summed E-state index contributed by atoms with van der Waals surface area (Å²) in [6.07, 6.45) is -0.715. The predicted octanol–water partition coefficient (Wildman–Crippen LogP) is 2.92. The van der Waals surface area contributed by atoms with Crippen molar-refractivity contribution >= 4 is 23.2 Å². The first-order chi connectivity index (χ1) is 12.8. The fraction of sp³-hybridized carbons (Fsp3) is 0.294. The number of aromatic nitrogens is 2. The summed E-state index contributed by atoms with van der Waals surface area (Å²) < 4.78 is 53.3. The summed E-state index contributed by atoms with van der Waals surface area (Å²) in [4.78, 5) is 20.0. The third-order valence-electron chi connectivity index (χ3n) is 3.91. The van der Waals surface area contributed by atoms with Crippen LogP contribution in [-0.2, 0) is 11.0 Å². The molecule has 0 saturated heterocycles. The van der Waals surface area contributed by atoms with Crippen LogP contribution in [0, 0.1) is 5.95 Å². The van der Waals surface area contributed by atoms with Crippen molar-refractivity contribution in [2.45, 2.75) is 31.0 Å². The number of rotatable bonds is 4. The van der Waals surface area contributed by atoms with Crippen LogP contribution < -0.4 is 10.6 Å². The van der Waals surface area contributed by atoms with Crippen LogP contribution in [0.1, 0.15) is 35.6 Å². The van der Waals surface area contributed by atoms with Crippen LogP contribution in [-0.4, -0.2) is 27.0 Å². The van der Waals surface area contributed by atoms with E-state index < -0.39 is 29.5 Å². The highest BCUT2D eigenvalue weighted by Crippen LogP contribution is 2.32. The van der Waals surface area contributed by atoms with Gasteiger partial charge in [-0.05, 0) is 43.3 Å². The van der Waals surface area contributed by atoms with Gasteiger partial charge in [0, 0.05) is 24.0 Å². The van der Waals surface area contributed by atoms with Crippen molar-refractivity contribution in [1.29, 1.82) is 0 Å². The number of nitrogens with zero attached hydrogens (tertiary/aromatic N) is 2. The fourth-order valence-electron chi connectivity index (χ4n) is 2.46. The van der Waals surface area contributed by atoms with Crippen LogP contribution in [0.2, 0.25) is 0 Å². The van der Waals surface area contributed by atoms with E-state index in [-0.39, 0.29) is 22.4 Å². The maximum atomic E-state index is 14.2. The molecule has 3 rings (SSSR count). The second-order valence-electron chi connectivity index (χ2n) is 6.02. The molecule has 0 radical (unpaired) electrons. The molecule has 0 spiro atoms. The van der Waals surface area contributed by atoms with E-state index in [2.05, 4.69) is 20.6 Å². The Balaban J connectivity index is 1.96. The minimum Gasteiger partial charge on any atom is -0.360 e. The van der Waals surface area contributed by atoms with Gasteiger partial charge in [-0.2, -0.15) is 17.6 Å². The number of hydrogen-bond acceptors (Lipinski definition) is 4. The Morgan fingerprint density at radius 3 is 2.59 bits per heavy atom. The molecule has 5 nitrogen and oxygen atoms in total. The van der Waals surface area contributed by atoms with Gasteiger partial charge in [-0.25, -0.2) is 4.98 Å². The van der Waals surface area contributed by atoms with Gasteiger partial charge >= 0.3 is 6.18 Å². The molecule has 0 aliphatic heterocycles. The Bertz CT molecular complexity index is 870. The maximum absolute atomic E-state index is 14.2. The lowest BCUT2D eigenvalue weighted by Crippen LogP contribution is -2.43. The summed E-state index contributed by atoms with van der Waals surface area (Å²) in [6, 6.07) is 4.31. The molecule has 2 N–H and O–H groups in total. The van der Waals surface area contributed by atoms with Crippen molar-refractivity contribution in [3.8, 4) is 0 Å².